The first-order chi connectivity index (χ1) is 16.7. The van der Waals surface area contributed by atoms with E-state index in [1.54, 1.807) is 17.1 Å². The van der Waals surface area contributed by atoms with Crippen LogP contribution in [0.15, 0.2) is 85.3 Å². The van der Waals surface area contributed by atoms with Crippen LogP contribution in [0.3, 0.4) is 0 Å². The molecule has 0 saturated heterocycles. The van der Waals surface area contributed by atoms with Crippen LogP contribution in [0.2, 0.25) is 0 Å². The molecule has 6 nitrogen and oxygen atoms in total. The highest BCUT2D eigenvalue weighted by Gasteiger charge is 2.13. The number of hydrogen-bond acceptors (Lipinski definition) is 5. The maximum absolute atomic E-state index is 12.7. The number of rotatable bonds is 8. The number of aryl methyl sites for hydroxylation is 1. The van der Waals surface area contributed by atoms with Crippen LogP contribution < -0.4 is 9.47 Å². The van der Waals surface area contributed by atoms with Crippen LogP contribution in [0.4, 0.5) is 4.39 Å². The average molecular weight is 454 g/mol. The van der Waals surface area contributed by atoms with Crippen LogP contribution in [0.25, 0.3) is 33.3 Å². The number of halogens is 1. The van der Waals surface area contributed by atoms with Crippen LogP contribution in [0, 0.1) is 0 Å². The highest BCUT2D eigenvalue weighted by Crippen LogP contribution is 2.32. The zero-order valence-electron chi connectivity index (χ0n) is 18.7. The van der Waals surface area contributed by atoms with Crippen molar-refractivity contribution in [2.24, 2.45) is 7.05 Å². The van der Waals surface area contributed by atoms with Gasteiger partial charge in [0.05, 0.1) is 5.52 Å². The second-order valence-electron chi connectivity index (χ2n) is 7.78. The molecule has 170 valence electrons. The molecule has 0 amide bonds. The summed E-state index contributed by atoms with van der Waals surface area (Å²) in [7, 11) is 1.91. The Morgan fingerprint density at radius 1 is 0.912 bits per heavy atom. The van der Waals surface area contributed by atoms with E-state index in [0.29, 0.717) is 17.2 Å². The first-order valence-corrected chi connectivity index (χ1v) is 11.0. The van der Waals surface area contributed by atoms with E-state index in [0.717, 1.165) is 33.3 Å². The Labute approximate surface area is 196 Å². The van der Waals surface area contributed by atoms with E-state index < -0.39 is 6.67 Å². The number of aromatic nitrogens is 4. The fraction of sp³-hybridized carbons (Fsp3) is 0.148. The van der Waals surface area contributed by atoms with Gasteiger partial charge in [-0.1, -0.05) is 18.2 Å². The second kappa shape index (κ2) is 9.70. The number of pyridine rings is 2. The lowest BCUT2D eigenvalue weighted by Gasteiger charge is -2.13. The number of hydrogen-bond donors (Lipinski definition) is 0. The largest absolute Gasteiger partial charge is 0.489 e. The first-order valence-electron chi connectivity index (χ1n) is 11.0. The monoisotopic (exact) mass is 453 g/mol. The van der Waals surface area contributed by atoms with E-state index in [2.05, 4.69) is 15.1 Å². The molecule has 0 spiro atoms. The molecule has 2 aromatic carbocycles. The Morgan fingerprint density at radius 3 is 2.50 bits per heavy atom. The van der Waals surface area contributed by atoms with Crippen molar-refractivity contribution in [1.82, 2.24) is 19.7 Å². The van der Waals surface area contributed by atoms with Gasteiger partial charge in [-0.25, -0.2) is 9.37 Å². The van der Waals surface area contributed by atoms with Crippen molar-refractivity contribution >= 4 is 10.9 Å². The van der Waals surface area contributed by atoms with Crippen molar-refractivity contribution in [3.63, 3.8) is 0 Å². The summed E-state index contributed by atoms with van der Waals surface area (Å²) >= 11 is 0. The molecule has 34 heavy (non-hydrogen) atoms. The normalized spacial score (nSPS) is 11.0. The molecule has 0 fully saturated rings. The van der Waals surface area contributed by atoms with Gasteiger partial charge in [0, 0.05) is 42.2 Å². The molecule has 0 aliphatic rings. The summed E-state index contributed by atoms with van der Waals surface area (Å²) in [4.78, 5) is 8.77. The van der Waals surface area contributed by atoms with Crippen LogP contribution in [0.5, 0.6) is 11.5 Å². The van der Waals surface area contributed by atoms with Crippen LogP contribution in [-0.2, 0) is 13.7 Å². The summed E-state index contributed by atoms with van der Waals surface area (Å²) in [5.41, 5.74) is 5.42. The lowest BCUT2D eigenvalue weighted by molar-refractivity contribution is 0.254. The van der Waals surface area contributed by atoms with Crippen molar-refractivity contribution in [2.75, 3.05) is 13.3 Å². The molecular weight excluding hydrogens is 430 g/mol. The molecule has 3 aromatic heterocycles. The predicted molar refractivity (Wildman–Crippen MR) is 129 cm³/mol. The number of para-hydroxylation sites is 1. The van der Waals surface area contributed by atoms with E-state index in [1.807, 2.05) is 80.0 Å². The first kappa shape index (κ1) is 21.6. The van der Waals surface area contributed by atoms with Crippen molar-refractivity contribution < 1.29 is 13.9 Å². The molecule has 5 rings (SSSR count). The van der Waals surface area contributed by atoms with Gasteiger partial charge in [0.15, 0.2) is 0 Å². The van der Waals surface area contributed by atoms with Crippen LogP contribution >= 0.6 is 0 Å². The lowest BCUT2D eigenvalue weighted by atomic mass is 10.0. The molecule has 3 heterocycles. The Morgan fingerprint density at radius 2 is 1.71 bits per heavy atom. The van der Waals surface area contributed by atoms with Crippen molar-refractivity contribution in [1.29, 1.82) is 0 Å². The van der Waals surface area contributed by atoms with E-state index >= 15 is 0 Å². The van der Waals surface area contributed by atoms with Gasteiger partial charge in [-0.15, -0.1) is 0 Å². The van der Waals surface area contributed by atoms with Crippen LogP contribution in [0.1, 0.15) is 5.69 Å². The standard InChI is InChI=1S/C27H23FN4O2/c1-32-17-23(19-10-13-29-14-11-19)27(31-32)20-6-8-22(9-7-20)34-18-25-26(33-15-12-28)16-21-4-2-3-5-24(21)30-25/h2-11,13-14,16-17H,12,15,18H2,1H3/i28-1. The lowest BCUT2D eigenvalue weighted by Crippen LogP contribution is -2.06. The zero-order valence-corrected chi connectivity index (χ0v) is 18.7. The van der Waals surface area contributed by atoms with Gasteiger partial charge in [-0.3, -0.25) is 9.67 Å². The van der Waals surface area contributed by atoms with Gasteiger partial charge in [-0.2, -0.15) is 5.10 Å². The minimum Gasteiger partial charge on any atom is -0.489 e. The SMILES string of the molecule is Cn1cc(-c2ccncc2)c(-c2ccc(OCc3nc4ccccc4cc3OCC[18F])cc2)n1. The van der Waals surface area contributed by atoms with Gasteiger partial charge in [0.25, 0.3) is 0 Å². The van der Waals surface area contributed by atoms with E-state index in [4.69, 9.17) is 9.47 Å². The summed E-state index contributed by atoms with van der Waals surface area (Å²) in [6.45, 7) is -0.382. The Balaban J connectivity index is 1.37. The molecule has 0 bridgehead atoms. The Bertz CT molecular complexity index is 1400. The van der Waals surface area contributed by atoms with Crippen molar-refractivity contribution in [2.45, 2.75) is 6.61 Å². The number of benzene rings is 2. The molecule has 0 aliphatic carbocycles. The third-order valence-corrected chi connectivity index (χ3v) is 5.42. The van der Waals surface area contributed by atoms with Crippen molar-refractivity contribution in [3.05, 3.63) is 91.0 Å². The minimum atomic E-state index is -0.566. The third-order valence-electron chi connectivity index (χ3n) is 5.42. The molecule has 0 N–H and O–H groups in total. The molecular formula is C27H23FN4O2. The number of fused-ring (bicyclic) bond motifs is 1. The fourth-order valence-corrected chi connectivity index (χ4v) is 3.82. The summed E-state index contributed by atoms with van der Waals surface area (Å²) in [5.74, 6) is 1.22. The quantitative estimate of drug-likeness (QED) is 0.305. The number of alkyl halides is 1. The highest BCUT2D eigenvalue weighted by atomic mass is 18.2. The van der Waals surface area contributed by atoms with Gasteiger partial charge in [-0.05, 0) is 54.1 Å². The molecule has 0 saturated carbocycles. The topological polar surface area (TPSA) is 62.1 Å². The molecule has 0 unspecified atom stereocenters. The van der Waals surface area contributed by atoms with E-state index in [9.17, 15) is 4.39 Å². The molecule has 5 aromatic rings. The van der Waals surface area contributed by atoms with Gasteiger partial charge >= 0.3 is 0 Å². The summed E-state index contributed by atoms with van der Waals surface area (Å²) in [6, 6.07) is 21.3. The molecule has 0 aliphatic heterocycles. The summed E-state index contributed by atoms with van der Waals surface area (Å²) < 4.78 is 26.1. The Hall–Kier alpha value is -4.26. The maximum Gasteiger partial charge on any atom is 0.145 e. The minimum absolute atomic E-state index is 0.0222. The average Bonchev–Trinajstić information content (AvgIpc) is 3.28. The number of nitrogens with zero attached hydrogens (tertiary/aromatic N) is 4. The van der Waals surface area contributed by atoms with Crippen LogP contribution in [-0.4, -0.2) is 33.0 Å². The second-order valence-corrected chi connectivity index (χ2v) is 7.78. The summed E-state index contributed by atoms with van der Waals surface area (Å²) in [6.07, 6.45) is 5.55. The van der Waals surface area contributed by atoms with Gasteiger partial charge in [0.1, 0.15) is 42.8 Å². The maximum atomic E-state index is 12.7. The number of ether oxygens (including phenoxy) is 2. The van der Waals surface area contributed by atoms with Crippen molar-refractivity contribution in [3.8, 4) is 33.9 Å². The van der Waals surface area contributed by atoms with Gasteiger partial charge < -0.3 is 9.47 Å². The molecule has 0 radical (unpaired) electrons. The zero-order chi connectivity index (χ0) is 23.3. The highest BCUT2D eigenvalue weighted by molar-refractivity contribution is 5.81. The fourth-order valence-electron chi connectivity index (χ4n) is 3.82. The molecule has 7 heteroatoms. The third kappa shape index (κ3) is 4.59. The van der Waals surface area contributed by atoms with E-state index in [-0.39, 0.29) is 13.2 Å². The summed E-state index contributed by atoms with van der Waals surface area (Å²) in [5, 5.41) is 5.58. The molecule has 0 atom stereocenters. The van der Waals surface area contributed by atoms with Gasteiger partial charge in [0.2, 0.25) is 0 Å². The Kier molecular flexibility index (Phi) is 6.16. The smallest absolute Gasteiger partial charge is 0.145 e. The predicted octanol–water partition coefficient (Wildman–Crippen LogP) is 5.62. The van der Waals surface area contributed by atoms with E-state index in [1.165, 1.54) is 0 Å².